The van der Waals surface area contributed by atoms with Crippen LogP contribution >= 0.6 is 0 Å². The number of aryl methyl sites for hydroxylation is 1. The van der Waals surface area contributed by atoms with Crippen LogP contribution in [0.1, 0.15) is 31.9 Å². The lowest BCUT2D eigenvalue weighted by Gasteiger charge is -2.18. The van der Waals surface area contributed by atoms with E-state index in [-0.39, 0.29) is 5.41 Å². The van der Waals surface area contributed by atoms with Gasteiger partial charge < -0.3 is 0 Å². The van der Waals surface area contributed by atoms with E-state index in [1.807, 2.05) is 0 Å². The van der Waals surface area contributed by atoms with Crippen molar-refractivity contribution in [2.24, 2.45) is 0 Å². The molecular weight excluding hydrogens is 196 g/mol. The Bertz CT molecular complexity index is 472. The topological polar surface area (TPSA) is 28.7 Å². The Morgan fingerprint density at radius 3 is 2.31 bits per heavy atom. The molecule has 2 nitrogen and oxygen atoms in total. The smallest absolute Gasteiger partial charge is 0.117 e. The number of H-pyrrole nitrogens is 1. The molecule has 0 atom stereocenters. The van der Waals surface area contributed by atoms with Gasteiger partial charge in [0.05, 0.1) is 5.69 Å². The minimum atomic E-state index is 0.0627. The molecule has 2 aromatic rings. The fraction of sp³-hybridized carbons (Fsp3) is 0.357. The van der Waals surface area contributed by atoms with Crippen molar-refractivity contribution in [1.82, 2.24) is 10.2 Å². The molecular formula is C14H17N2. The van der Waals surface area contributed by atoms with Crippen molar-refractivity contribution in [3.63, 3.8) is 0 Å². The highest BCUT2D eigenvalue weighted by Crippen LogP contribution is 2.30. The first-order valence-corrected chi connectivity index (χ1v) is 5.52. The first-order valence-electron chi connectivity index (χ1n) is 5.52. The average Bonchev–Trinajstić information content (AvgIpc) is 2.66. The van der Waals surface area contributed by atoms with Gasteiger partial charge in [0.1, 0.15) is 6.20 Å². The maximum absolute atomic E-state index is 4.04. The van der Waals surface area contributed by atoms with Gasteiger partial charge in [-0.25, -0.2) is 0 Å². The summed E-state index contributed by atoms with van der Waals surface area (Å²) in [5.74, 6) is 0. The second kappa shape index (κ2) is 3.78. The molecule has 0 saturated heterocycles. The molecule has 1 heterocycles. The van der Waals surface area contributed by atoms with E-state index < -0.39 is 0 Å². The standard InChI is InChI=1S/C14H17N2/c1-10-5-7-11(8-6-10)13-12(9-15-16-13)14(2,3)4/h5-8H,1-4H3,(H,15,16). The van der Waals surface area contributed by atoms with E-state index in [1.54, 1.807) is 0 Å². The maximum Gasteiger partial charge on any atom is 0.117 e. The highest BCUT2D eigenvalue weighted by atomic mass is 15.1. The molecule has 0 spiro atoms. The Balaban J connectivity index is 2.49. The van der Waals surface area contributed by atoms with E-state index in [0.29, 0.717) is 0 Å². The van der Waals surface area contributed by atoms with Crippen molar-refractivity contribution < 1.29 is 0 Å². The van der Waals surface area contributed by atoms with Crippen LogP contribution in [0.25, 0.3) is 11.3 Å². The molecule has 2 rings (SSSR count). The van der Waals surface area contributed by atoms with E-state index in [1.165, 1.54) is 11.1 Å². The largest absolute Gasteiger partial charge is 0.277 e. The minimum absolute atomic E-state index is 0.0627. The van der Waals surface area contributed by atoms with Crippen LogP contribution in [-0.2, 0) is 5.41 Å². The summed E-state index contributed by atoms with van der Waals surface area (Å²) in [4.78, 5) is 0. The molecule has 83 valence electrons. The molecule has 1 radical (unpaired) electrons. The van der Waals surface area contributed by atoms with Crippen LogP contribution in [0.4, 0.5) is 0 Å². The summed E-state index contributed by atoms with van der Waals surface area (Å²) < 4.78 is 0. The summed E-state index contributed by atoms with van der Waals surface area (Å²) in [7, 11) is 0. The van der Waals surface area contributed by atoms with E-state index in [2.05, 4.69) is 68.4 Å². The van der Waals surface area contributed by atoms with E-state index in [0.717, 1.165) is 11.3 Å². The molecule has 16 heavy (non-hydrogen) atoms. The monoisotopic (exact) mass is 213 g/mol. The predicted octanol–water partition coefficient (Wildman–Crippen LogP) is 3.48. The van der Waals surface area contributed by atoms with Gasteiger partial charge >= 0.3 is 0 Å². The highest BCUT2D eigenvalue weighted by Gasteiger charge is 2.20. The number of rotatable bonds is 1. The Morgan fingerprint density at radius 2 is 1.75 bits per heavy atom. The number of nitrogens with one attached hydrogen (secondary N) is 1. The van der Waals surface area contributed by atoms with Crippen molar-refractivity contribution in [2.75, 3.05) is 0 Å². The summed E-state index contributed by atoms with van der Waals surface area (Å²) >= 11 is 0. The second-order valence-corrected chi connectivity index (χ2v) is 5.20. The zero-order valence-corrected chi connectivity index (χ0v) is 10.3. The van der Waals surface area contributed by atoms with Crippen LogP contribution in [0.2, 0.25) is 0 Å². The van der Waals surface area contributed by atoms with Crippen LogP contribution in [0.15, 0.2) is 24.3 Å². The van der Waals surface area contributed by atoms with Crippen LogP contribution in [0, 0.1) is 13.1 Å². The van der Waals surface area contributed by atoms with Crippen molar-refractivity contribution in [1.29, 1.82) is 0 Å². The predicted molar refractivity (Wildman–Crippen MR) is 66.3 cm³/mol. The molecule has 0 bridgehead atoms. The van der Waals surface area contributed by atoms with Gasteiger partial charge in [-0.1, -0.05) is 50.6 Å². The van der Waals surface area contributed by atoms with Gasteiger partial charge in [0.2, 0.25) is 0 Å². The zero-order chi connectivity index (χ0) is 11.8. The average molecular weight is 213 g/mol. The number of hydrogen-bond acceptors (Lipinski definition) is 1. The van der Waals surface area contributed by atoms with E-state index in [4.69, 9.17) is 0 Å². The molecule has 0 saturated carbocycles. The molecule has 0 aliphatic rings. The lowest BCUT2D eigenvalue weighted by molar-refractivity contribution is 0.591. The lowest BCUT2D eigenvalue weighted by Crippen LogP contribution is -2.11. The maximum atomic E-state index is 4.04. The number of aromatic nitrogens is 2. The number of benzene rings is 1. The van der Waals surface area contributed by atoms with Crippen molar-refractivity contribution in [3.05, 3.63) is 41.6 Å². The summed E-state index contributed by atoms with van der Waals surface area (Å²) in [6, 6.07) is 8.46. The van der Waals surface area contributed by atoms with Crippen LogP contribution in [0.3, 0.4) is 0 Å². The molecule has 2 heteroatoms. The van der Waals surface area contributed by atoms with Gasteiger partial charge in [-0.05, 0) is 17.9 Å². The van der Waals surface area contributed by atoms with Gasteiger partial charge in [-0.15, -0.1) is 0 Å². The molecule has 1 aromatic heterocycles. The summed E-state index contributed by atoms with van der Waals surface area (Å²) in [6.07, 6.45) is 3.05. The fourth-order valence-corrected chi connectivity index (χ4v) is 1.72. The van der Waals surface area contributed by atoms with Crippen LogP contribution in [0.5, 0.6) is 0 Å². The fourth-order valence-electron chi connectivity index (χ4n) is 1.72. The second-order valence-electron chi connectivity index (χ2n) is 5.20. The Morgan fingerprint density at radius 1 is 1.12 bits per heavy atom. The minimum Gasteiger partial charge on any atom is -0.277 e. The van der Waals surface area contributed by atoms with Crippen LogP contribution in [-0.4, -0.2) is 10.2 Å². The van der Waals surface area contributed by atoms with Crippen molar-refractivity contribution >= 4 is 0 Å². The van der Waals surface area contributed by atoms with Gasteiger partial charge in [-0.2, -0.15) is 5.10 Å². The zero-order valence-electron chi connectivity index (χ0n) is 10.3. The molecule has 0 aliphatic heterocycles. The van der Waals surface area contributed by atoms with Crippen molar-refractivity contribution in [3.8, 4) is 11.3 Å². The number of hydrogen-bond donors (Lipinski definition) is 1. The molecule has 0 aliphatic carbocycles. The van der Waals surface area contributed by atoms with E-state index in [9.17, 15) is 0 Å². The summed E-state index contributed by atoms with van der Waals surface area (Å²) in [6.45, 7) is 8.61. The molecule has 1 aromatic carbocycles. The third kappa shape index (κ3) is 2.01. The van der Waals surface area contributed by atoms with Gasteiger partial charge in [0.25, 0.3) is 0 Å². The SMILES string of the molecule is Cc1ccc(-c2[nH]n[c]c2C(C)(C)C)cc1. The van der Waals surface area contributed by atoms with Gasteiger partial charge in [-0.3, -0.25) is 5.10 Å². The third-order valence-electron chi connectivity index (χ3n) is 2.68. The summed E-state index contributed by atoms with van der Waals surface area (Å²) in [5, 5.41) is 7.08. The normalized spacial score (nSPS) is 11.8. The van der Waals surface area contributed by atoms with Gasteiger partial charge in [0, 0.05) is 5.56 Å². The first-order chi connectivity index (χ1) is 7.48. The number of nitrogens with zero attached hydrogens (tertiary/aromatic N) is 1. The molecule has 1 N–H and O–H groups in total. The Hall–Kier alpha value is -1.57. The molecule has 0 unspecified atom stereocenters. The van der Waals surface area contributed by atoms with Crippen LogP contribution < -0.4 is 0 Å². The Labute approximate surface area is 96.7 Å². The van der Waals surface area contributed by atoms with Crippen molar-refractivity contribution in [2.45, 2.75) is 33.1 Å². The first kappa shape index (κ1) is 10.9. The summed E-state index contributed by atoms with van der Waals surface area (Å²) in [5.41, 5.74) is 4.71. The Kier molecular flexibility index (Phi) is 2.58. The molecule has 0 amide bonds. The van der Waals surface area contributed by atoms with Gasteiger partial charge in [0.15, 0.2) is 0 Å². The lowest BCUT2D eigenvalue weighted by atomic mass is 9.86. The third-order valence-corrected chi connectivity index (χ3v) is 2.68. The quantitative estimate of drug-likeness (QED) is 0.772. The highest BCUT2D eigenvalue weighted by molar-refractivity contribution is 5.64. The number of aromatic amines is 1. The molecule has 0 fully saturated rings. The van der Waals surface area contributed by atoms with E-state index >= 15 is 0 Å².